The molecule has 15 heavy (non-hydrogen) atoms. The summed E-state index contributed by atoms with van der Waals surface area (Å²) in [5, 5.41) is 1.85. The third-order valence-corrected chi connectivity index (χ3v) is 2.91. The molecule has 0 saturated heterocycles. The van der Waals surface area contributed by atoms with Gasteiger partial charge in [-0.15, -0.1) is 11.3 Å². The van der Waals surface area contributed by atoms with Gasteiger partial charge in [0.05, 0.1) is 0 Å². The Hall–Kier alpha value is -1.55. The molecule has 0 aromatic carbocycles. The Morgan fingerprint density at radius 2 is 2.13 bits per heavy atom. The summed E-state index contributed by atoms with van der Waals surface area (Å²) < 4.78 is 13.2. The van der Waals surface area contributed by atoms with Gasteiger partial charge < -0.3 is 0 Å². The highest BCUT2D eigenvalue weighted by Crippen LogP contribution is 2.29. The molecule has 2 aromatic rings. The van der Waals surface area contributed by atoms with E-state index in [2.05, 4.69) is 16.5 Å². The fourth-order valence-corrected chi connectivity index (χ4v) is 2.04. The molecule has 0 aliphatic rings. The first-order valence-electron chi connectivity index (χ1n) is 4.43. The maximum absolute atomic E-state index is 13.2. The summed E-state index contributed by atoms with van der Waals surface area (Å²) in [7, 11) is 0. The van der Waals surface area contributed by atoms with Crippen molar-refractivity contribution in [2.75, 3.05) is 0 Å². The maximum atomic E-state index is 13.2. The molecule has 2 aromatic heterocycles. The van der Waals surface area contributed by atoms with Crippen LogP contribution in [-0.4, -0.2) is 9.97 Å². The average Bonchev–Trinajstić information content (AvgIpc) is 2.78. The molecule has 1 unspecified atom stereocenters. The van der Waals surface area contributed by atoms with Crippen LogP contribution >= 0.6 is 11.3 Å². The number of alkyl halides is 1. The zero-order valence-corrected chi connectivity index (χ0v) is 8.75. The number of halogens is 1. The molecule has 1 atom stereocenters. The van der Waals surface area contributed by atoms with E-state index in [4.69, 9.17) is 0 Å². The first-order chi connectivity index (χ1) is 7.31. The highest BCUT2D eigenvalue weighted by molar-refractivity contribution is 7.10. The molecule has 0 spiro atoms. The molecule has 2 heterocycles. The molecule has 4 heteroatoms. The van der Waals surface area contributed by atoms with Crippen LogP contribution in [0, 0.1) is 0 Å². The van der Waals surface area contributed by atoms with Crippen molar-refractivity contribution in [1.82, 2.24) is 9.97 Å². The van der Waals surface area contributed by atoms with Gasteiger partial charge in [-0.3, -0.25) is 0 Å². The summed E-state index contributed by atoms with van der Waals surface area (Å²) in [6.45, 7) is 3.42. The van der Waals surface area contributed by atoms with Gasteiger partial charge in [-0.05, 0) is 12.1 Å². The molecule has 0 aliphatic carbocycles. The SMILES string of the molecule is C=CC(F)c1cc(-c2ncccn2)cs1. The van der Waals surface area contributed by atoms with Crippen molar-refractivity contribution in [1.29, 1.82) is 0 Å². The monoisotopic (exact) mass is 220 g/mol. The van der Waals surface area contributed by atoms with Crippen LogP contribution in [0.5, 0.6) is 0 Å². The number of nitrogens with zero attached hydrogens (tertiary/aromatic N) is 2. The molecule has 2 rings (SSSR count). The van der Waals surface area contributed by atoms with Crippen molar-refractivity contribution in [2.24, 2.45) is 0 Å². The third kappa shape index (κ3) is 2.10. The molecule has 0 amide bonds. The molecule has 2 nitrogen and oxygen atoms in total. The summed E-state index contributed by atoms with van der Waals surface area (Å²) in [6.07, 6.45) is 3.51. The van der Waals surface area contributed by atoms with Crippen LogP contribution in [0.25, 0.3) is 11.4 Å². The van der Waals surface area contributed by atoms with Crippen molar-refractivity contribution in [3.63, 3.8) is 0 Å². The van der Waals surface area contributed by atoms with E-state index in [1.165, 1.54) is 17.4 Å². The van der Waals surface area contributed by atoms with Crippen molar-refractivity contribution >= 4 is 11.3 Å². The molecule has 0 aliphatic heterocycles. The van der Waals surface area contributed by atoms with E-state index in [-0.39, 0.29) is 0 Å². The Balaban J connectivity index is 2.32. The van der Waals surface area contributed by atoms with Crippen molar-refractivity contribution in [2.45, 2.75) is 6.17 Å². The predicted octanol–water partition coefficient (Wildman–Crippen LogP) is 3.40. The topological polar surface area (TPSA) is 25.8 Å². The number of hydrogen-bond donors (Lipinski definition) is 0. The number of hydrogen-bond acceptors (Lipinski definition) is 3. The normalized spacial score (nSPS) is 12.3. The summed E-state index contributed by atoms with van der Waals surface area (Å²) in [4.78, 5) is 8.82. The fraction of sp³-hybridized carbons (Fsp3) is 0.0909. The van der Waals surface area contributed by atoms with E-state index in [0.29, 0.717) is 10.7 Å². The van der Waals surface area contributed by atoms with Crippen molar-refractivity contribution in [3.05, 3.63) is 47.4 Å². The van der Waals surface area contributed by atoms with Crippen LogP contribution in [0.15, 0.2) is 42.6 Å². The average molecular weight is 220 g/mol. The van der Waals surface area contributed by atoms with Gasteiger partial charge in [-0.1, -0.05) is 12.7 Å². The molecule has 76 valence electrons. The van der Waals surface area contributed by atoms with Crippen LogP contribution in [0.1, 0.15) is 11.0 Å². The minimum atomic E-state index is -1.10. The van der Waals surface area contributed by atoms with Crippen LogP contribution < -0.4 is 0 Å². The second-order valence-corrected chi connectivity index (χ2v) is 3.89. The summed E-state index contributed by atoms with van der Waals surface area (Å²) in [5.74, 6) is 0.622. The third-order valence-electron chi connectivity index (χ3n) is 1.92. The lowest BCUT2D eigenvalue weighted by Gasteiger charge is -1.96. The van der Waals surface area contributed by atoms with Crippen LogP contribution in [0.3, 0.4) is 0 Å². The van der Waals surface area contributed by atoms with Gasteiger partial charge in [0.25, 0.3) is 0 Å². The van der Waals surface area contributed by atoms with Gasteiger partial charge in [0, 0.05) is 28.2 Å². The zero-order valence-electron chi connectivity index (χ0n) is 7.93. The van der Waals surface area contributed by atoms with Crippen LogP contribution in [0.2, 0.25) is 0 Å². The zero-order chi connectivity index (χ0) is 10.7. The van der Waals surface area contributed by atoms with Gasteiger partial charge >= 0.3 is 0 Å². The van der Waals surface area contributed by atoms with Gasteiger partial charge in [0.15, 0.2) is 12.0 Å². The van der Waals surface area contributed by atoms with Gasteiger partial charge in [0.1, 0.15) is 0 Å². The number of allylic oxidation sites excluding steroid dienone is 1. The Bertz CT molecular complexity index is 453. The van der Waals surface area contributed by atoms with Gasteiger partial charge in [-0.25, -0.2) is 14.4 Å². The van der Waals surface area contributed by atoms with E-state index in [0.717, 1.165) is 5.56 Å². The number of aromatic nitrogens is 2. The van der Waals surface area contributed by atoms with Crippen molar-refractivity contribution in [3.8, 4) is 11.4 Å². The quantitative estimate of drug-likeness (QED) is 0.741. The lowest BCUT2D eigenvalue weighted by molar-refractivity contribution is 0.421. The molecule has 0 fully saturated rings. The Morgan fingerprint density at radius 3 is 2.80 bits per heavy atom. The lowest BCUT2D eigenvalue weighted by atomic mass is 10.2. The first kappa shape index (κ1) is 9.98. The minimum Gasteiger partial charge on any atom is -0.237 e. The highest BCUT2D eigenvalue weighted by Gasteiger charge is 2.10. The van der Waals surface area contributed by atoms with Crippen molar-refractivity contribution < 1.29 is 4.39 Å². The van der Waals surface area contributed by atoms with E-state index >= 15 is 0 Å². The van der Waals surface area contributed by atoms with E-state index in [1.807, 2.05) is 5.38 Å². The molecular weight excluding hydrogens is 211 g/mol. The Kier molecular flexibility index (Phi) is 2.87. The van der Waals surface area contributed by atoms with Gasteiger partial charge in [0.2, 0.25) is 0 Å². The largest absolute Gasteiger partial charge is 0.237 e. The summed E-state index contributed by atoms with van der Waals surface area (Å²) >= 11 is 1.35. The van der Waals surface area contributed by atoms with E-state index in [1.54, 1.807) is 24.5 Å². The maximum Gasteiger partial charge on any atom is 0.159 e. The first-order valence-corrected chi connectivity index (χ1v) is 5.31. The second-order valence-electron chi connectivity index (χ2n) is 2.95. The standard InChI is InChI=1S/C11H9FN2S/c1-2-9(12)10-6-8(7-15-10)11-13-4-3-5-14-11/h2-7,9H,1H2. The smallest absolute Gasteiger partial charge is 0.159 e. The molecule has 0 saturated carbocycles. The van der Waals surface area contributed by atoms with E-state index in [9.17, 15) is 4.39 Å². The molecular formula is C11H9FN2S. The van der Waals surface area contributed by atoms with Gasteiger partial charge in [-0.2, -0.15) is 0 Å². The van der Waals surface area contributed by atoms with E-state index < -0.39 is 6.17 Å². The number of rotatable bonds is 3. The minimum absolute atomic E-state index is 0.622. The Morgan fingerprint density at radius 1 is 1.40 bits per heavy atom. The molecule has 0 N–H and O–H groups in total. The fourth-order valence-electron chi connectivity index (χ4n) is 1.18. The highest BCUT2D eigenvalue weighted by atomic mass is 32.1. The molecule has 0 bridgehead atoms. The lowest BCUT2D eigenvalue weighted by Crippen LogP contribution is -1.84. The summed E-state index contributed by atoms with van der Waals surface area (Å²) in [5.41, 5.74) is 0.847. The number of thiophene rings is 1. The molecule has 0 radical (unpaired) electrons. The summed E-state index contributed by atoms with van der Waals surface area (Å²) in [6, 6.07) is 3.50. The Labute approximate surface area is 91.1 Å². The predicted molar refractivity (Wildman–Crippen MR) is 59.4 cm³/mol. The second kappa shape index (κ2) is 4.31. The van der Waals surface area contributed by atoms with Crippen LogP contribution in [0.4, 0.5) is 4.39 Å². The van der Waals surface area contributed by atoms with Crippen LogP contribution in [-0.2, 0) is 0 Å².